The summed E-state index contributed by atoms with van der Waals surface area (Å²) in [6, 6.07) is 18.6. The van der Waals surface area contributed by atoms with E-state index in [4.69, 9.17) is 0 Å². The fraction of sp³-hybridized carbons (Fsp3) is 0.294. The van der Waals surface area contributed by atoms with Crippen molar-refractivity contribution in [2.75, 3.05) is 13.6 Å². The lowest BCUT2D eigenvalue weighted by Gasteiger charge is -2.24. The molecule has 0 saturated heterocycles. The van der Waals surface area contributed by atoms with Crippen molar-refractivity contribution in [3.63, 3.8) is 0 Å². The summed E-state index contributed by atoms with van der Waals surface area (Å²) >= 11 is 0. The second-order valence-corrected chi connectivity index (χ2v) is 4.92. The zero-order valence-corrected chi connectivity index (χ0v) is 12.7. The predicted molar refractivity (Wildman–Crippen MR) is 86.6 cm³/mol. The third-order valence-electron chi connectivity index (χ3n) is 3.39. The van der Waals surface area contributed by atoms with E-state index in [9.17, 15) is 5.11 Å². The summed E-state index contributed by atoms with van der Waals surface area (Å²) in [5.41, 5.74) is 3.53. The Morgan fingerprint density at radius 1 is 0.950 bits per heavy atom. The van der Waals surface area contributed by atoms with Gasteiger partial charge in [-0.3, -0.25) is 0 Å². The molecule has 2 rings (SSSR count). The number of likely N-dealkylation sites (N-methyl/N-ethyl adjacent to an activating group) is 1. The quantitative estimate of drug-likeness (QED) is 0.887. The molecule has 0 aromatic heterocycles. The van der Waals surface area contributed by atoms with Crippen LogP contribution in [0.3, 0.4) is 0 Å². The fourth-order valence-corrected chi connectivity index (χ4v) is 2.40. The summed E-state index contributed by atoms with van der Waals surface area (Å²) in [6.45, 7) is 2.65. The number of aliphatic hydroxyl groups is 1. The minimum atomic E-state index is -0.435. The molecule has 0 spiro atoms. The molecule has 0 aliphatic carbocycles. The van der Waals surface area contributed by atoms with E-state index in [0.29, 0.717) is 6.54 Å². The van der Waals surface area contributed by atoms with Crippen molar-refractivity contribution in [3.05, 3.63) is 71.3 Å². The summed E-state index contributed by atoms with van der Waals surface area (Å²) in [4.78, 5) is 0. The van der Waals surface area contributed by atoms with Crippen molar-refractivity contribution in [1.29, 1.82) is 0 Å². The Kier molecular flexibility index (Phi) is 6.73. The van der Waals surface area contributed by atoms with Crippen molar-refractivity contribution in [1.82, 2.24) is 5.32 Å². The highest BCUT2D eigenvalue weighted by molar-refractivity contribution is 5.85. The van der Waals surface area contributed by atoms with Gasteiger partial charge in [0.25, 0.3) is 0 Å². The fourth-order valence-electron chi connectivity index (χ4n) is 2.40. The molecule has 20 heavy (non-hydrogen) atoms. The number of rotatable bonds is 5. The monoisotopic (exact) mass is 291 g/mol. The first-order chi connectivity index (χ1) is 9.22. The first kappa shape index (κ1) is 16.7. The first-order valence-electron chi connectivity index (χ1n) is 6.66. The summed E-state index contributed by atoms with van der Waals surface area (Å²) in [6.07, 6.45) is -0.435. The minimum absolute atomic E-state index is 0. The Labute approximate surface area is 127 Å². The molecule has 0 aliphatic heterocycles. The van der Waals surface area contributed by atoms with Gasteiger partial charge in [-0.05, 0) is 25.1 Å². The molecule has 0 aliphatic rings. The zero-order valence-electron chi connectivity index (χ0n) is 11.9. The Morgan fingerprint density at radius 3 is 2.05 bits per heavy atom. The zero-order chi connectivity index (χ0) is 13.7. The van der Waals surface area contributed by atoms with Crippen molar-refractivity contribution < 1.29 is 5.11 Å². The van der Waals surface area contributed by atoms with Crippen molar-refractivity contribution in [2.45, 2.75) is 18.9 Å². The number of nitrogens with one attached hydrogen (secondary N) is 1. The molecule has 0 amide bonds. The first-order valence-corrected chi connectivity index (χ1v) is 6.66. The Balaban J connectivity index is 0.00000200. The maximum atomic E-state index is 10.4. The molecular formula is C17H22ClNO. The molecule has 0 heterocycles. The van der Waals surface area contributed by atoms with Crippen LogP contribution >= 0.6 is 12.4 Å². The van der Waals surface area contributed by atoms with Crippen LogP contribution in [0.5, 0.6) is 0 Å². The third-order valence-corrected chi connectivity index (χ3v) is 3.39. The topological polar surface area (TPSA) is 32.3 Å². The lowest BCUT2D eigenvalue weighted by atomic mass is 9.86. The summed E-state index contributed by atoms with van der Waals surface area (Å²) in [5.74, 6) is 0.00856. The van der Waals surface area contributed by atoms with Crippen LogP contribution in [0.2, 0.25) is 0 Å². The van der Waals surface area contributed by atoms with Gasteiger partial charge < -0.3 is 10.4 Å². The number of benzene rings is 2. The van der Waals surface area contributed by atoms with E-state index >= 15 is 0 Å². The molecule has 0 radical (unpaired) electrons. The second kappa shape index (κ2) is 8.05. The SMILES string of the molecule is CNCC(O)C(c1ccccc1)c1ccc(C)cc1.Cl. The molecule has 0 bridgehead atoms. The van der Waals surface area contributed by atoms with Crippen molar-refractivity contribution >= 4 is 12.4 Å². The van der Waals surface area contributed by atoms with E-state index in [2.05, 4.69) is 48.6 Å². The van der Waals surface area contributed by atoms with Crippen LogP contribution < -0.4 is 5.32 Å². The van der Waals surface area contributed by atoms with Crippen LogP contribution in [-0.2, 0) is 0 Å². The van der Waals surface area contributed by atoms with E-state index in [0.717, 1.165) is 11.1 Å². The molecular weight excluding hydrogens is 270 g/mol. The smallest absolute Gasteiger partial charge is 0.0773 e. The number of hydrogen-bond donors (Lipinski definition) is 2. The van der Waals surface area contributed by atoms with Gasteiger partial charge in [-0.1, -0.05) is 60.2 Å². The summed E-state index contributed by atoms with van der Waals surface area (Å²) in [5, 5.41) is 13.5. The van der Waals surface area contributed by atoms with Gasteiger partial charge in [0.2, 0.25) is 0 Å². The van der Waals surface area contributed by atoms with Crippen LogP contribution in [0.25, 0.3) is 0 Å². The summed E-state index contributed by atoms with van der Waals surface area (Å²) < 4.78 is 0. The molecule has 0 fully saturated rings. The average molecular weight is 292 g/mol. The standard InChI is InChI=1S/C17H21NO.ClH/c1-13-8-10-15(11-9-13)17(16(19)12-18-2)14-6-4-3-5-7-14;/h3-11,16-19H,12H2,1-2H3;1H. The highest BCUT2D eigenvalue weighted by atomic mass is 35.5. The van der Waals surface area contributed by atoms with E-state index in [-0.39, 0.29) is 18.3 Å². The molecule has 2 nitrogen and oxygen atoms in total. The lowest BCUT2D eigenvalue weighted by molar-refractivity contribution is 0.156. The van der Waals surface area contributed by atoms with Crippen molar-refractivity contribution in [3.8, 4) is 0 Å². The number of aryl methyl sites for hydroxylation is 1. The van der Waals surface area contributed by atoms with Crippen LogP contribution in [0, 0.1) is 6.92 Å². The predicted octanol–water partition coefficient (Wildman–Crippen LogP) is 3.13. The maximum Gasteiger partial charge on any atom is 0.0773 e. The number of hydrogen-bond acceptors (Lipinski definition) is 2. The van der Waals surface area contributed by atoms with Gasteiger partial charge in [0, 0.05) is 12.5 Å². The molecule has 2 aromatic rings. The lowest BCUT2D eigenvalue weighted by Crippen LogP contribution is -2.30. The Bertz CT molecular complexity index is 498. The van der Waals surface area contributed by atoms with Crippen molar-refractivity contribution in [2.24, 2.45) is 0 Å². The van der Waals surface area contributed by atoms with Crippen LogP contribution in [0.15, 0.2) is 54.6 Å². The molecule has 2 unspecified atom stereocenters. The number of aliphatic hydroxyl groups excluding tert-OH is 1. The molecule has 2 N–H and O–H groups in total. The molecule has 2 atom stereocenters. The number of halogens is 1. The average Bonchev–Trinajstić information content (AvgIpc) is 2.43. The van der Waals surface area contributed by atoms with E-state index in [1.54, 1.807) is 0 Å². The van der Waals surface area contributed by atoms with E-state index < -0.39 is 6.10 Å². The van der Waals surface area contributed by atoms with Gasteiger partial charge in [-0.2, -0.15) is 0 Å². The molecule has 0 saturated carbocycles. The normalized spacial score (nSPS) is 13.3. The van der Waals surface area contributed by atoms with Gasteiger partial charge in [-0.25, -0.2) is 0 Å². The van der Waals surface area contributed by atoms with Crippen LogP contribution in [-0.4, -0.2) is 24.8 Å². The van der Waals surface area contributed by atoms with Gasteiger partial charge in [0.05, 0.1) is 6.10 Å². The Hall–Kier alpha value is -1.35. The van der Waals surface area contributed by atoms with Gasteiger partial charge in [0.15, 0.2) is 0 Å². The molecule has 3 heteroatoms. The molecule has 108 valence electrons. The third kappa shape index (κ3) is 4.07. The highest BCUT2D eigenvalue weighted by Crippen LogP contribution is 2.28. The molecule has 2 aromatic carbocycles. The van der Waals surface area contributed by atoms with Gasteiger partial charge in [-0.15, -0.1) is 12.4 Å². The van der Waals surface area contributed by atoms with Gasteiger partial charge in [0.1, 0.15) is 0 Å². The maximum absolute atomic E-state index is 10.4. The van der Waals surface area contributed by atoms with E-state index in [1.165, 1.54) is 5.56 Å². The minimum Gasteiger partial charge on any atom is -0.391 e. The largest absolute Gasteiger partial charge is 0.391 e. The Morgan fingerprint density at radius 2 is 1.50 bits per heavy atom. The van der Waals surface area contributed by atoms with Gasteiger partial charge >= 0.3 is 0 Å². The van der Waals surface area contributed by atoms with Crippen LogP contribution in [0.4, 0.5) is 0 Å². The highest BCUT2D eigenvalue weighted by Gasteiger charge is 2.22. The van der Waals surface area contributed by atoms with E-state index in [1.807, 2.05) is 25.2 Å². The summed E-state index contributed by atoms with van der Waals surface area (Å²) in [7, 11) is 1.86. The van der Waals surface area contributed by atoms with Crippen LogP contribution in [0.1, 0.15) is 22.6 Å². The second-order valence-electron chi connectivity index (χ2n) is 4.92.